The topological polar surface area (TPSA) is 17.8 Å². The summed E-state index contributed by atoms with van der Waals surface area (Å²) < 4.78 is 16.2. The van der Waals surface area contributed by atoms with E-state index in [1.165, 1.54) is 6.07 Å². The summed E-state index contributed by atoms with van der Waals surface area (Å²) in [5.41, 5.74) is 0.810. The van der Waals surface area contributed by atoms with E-state index in [4.69, 9.17) is 0 Å². The van der Waals surface area contributed by atoms with Crippen LogP contribution < -0.4 is 0 Å². The summed E-state index contributed by atoms with van der Waals surface area (Å²) in [6, 6.07) is 3.23. The molecule has 0 aliphatic carbocycles. The minimum Gasteiger partial charge on any atom is -0.267 e. The van der Waals surface area contributed by atoms with Gasteiger partial charge in [0.1, 0.15) is 9.52 Å². The summed E-state index contributed by atoms with van der Waals surface area (Å²) in [5, 5.41) is 5.16. The molecule has 0 fully saturated rings. The van der Waals surface area contributed by atoms with E-state index in [2.05, 4.69) is 43.6 Å². The Morgan fingerprint density at radius 2 is 2.23 bits per heavy atom. The maximum absolute atomic E-state index is 13.1. The van der Waals surface area contributed by atoms with Crippen LogP contribution in [-0.2, 0) is 7.05 Å². The molecule has 1 aromatic heterocycles. The largest absolute Gasteiger partial charge is 0.267 e. The summed E-state index contributed by atoms with van der Waals surface area (Å²) in [6.07, 6.45) is 0. The summed E-state index contributed by atoms with van der Waals surface area (Å²) in [6.45, 7) is 0. The van der Waals surface area contributed by atoms with Crippen LogP contribution in [-0.4, -0.2) is 9.78 Å². The highest BCUT2D eigenvalue weighted by Gasteiger charge is 2.09. The van der Waals surface area contributed by atoms with Gasteiger partial charge in [-0.1, -0.05) is 0 Å². The van der Waals surface area contributed by atoms with E-state index in [0.29, 0.717) is 4.47 Å². The van der Waals surface area contributed by atoms with Crippen LogP contribution in [0.25, 0.3) is 10.9 Å². The summed E-state index contributed by atoms with van der Waals surface area (Å²) in [5.74, 6) is -0.257. The molecule has 0 amide bonds. The van der Waals surface area contributed by atoms with Crippen molar-refractivity contribution in [3.63, 3.8) is 0 Å². The zero-order chi connectivity index (χ0) is 9.59. The molecule has 68 valence electrons. The van der Waals surface area contributed by atoms with Crippen LogP contribution >= 0.6 is 38.5 Å². The first-order chi connectivity index (χ1) is 6.09. The lowest BCUT2D eigenvalue weighted by Gasteiger charge is -1.96. The Balaban J connectivity index is 2.91. The van der Waals surface area contributed by atoms with Gasteiger partial charge in [0, 0.05) is 18.5 Å². The fourth-order valence-electron chi connectivity index (χ4n) is 1.21. The molecule has 2 aromatic rings. The van der Waals surface area contributed by atoms with Crippen molar-refractivity contribution in [2.45, 2.75) is 0 Å². The van der Waals surface area contributed by atoms with Crippen LogP contribution in [0.3, 0.4) is 0 Å². The van der Waals surface area contributed by atoms with Crippen molar-refractivity contribution in [1.29, 1.82) is 0 Å². The molecular formula is C8H5BrFIN2. The van der Waals surface area contributed by atoms with E-state index < -0.39 is 0 Å². The lowest BCUT2D eigenvalue weighted by atomic mass is 10.2. The molecule has 0 N–H and O–H groups in total. The maximum atomic E-state index is 13.1. The van der Waals surface area contributed by atoms with Crippen LogP contribution in [0.1, 0.15) is 0 Å². The Morgan fingerprint density at radius 1 is 1.54 bits per heavy atom. The highest BCUT2D eigenvalue weighted by Crippen LogP contribution is 2.26. The molecule has 13 heavy (non-hydrogen) atoms. The second kappa shape index (κ2) is 3.20. The molecule has 0 aliphatic rings. The normalized spacial score (nSPS) is 11.1. The molecule has 0 atom stereocenters. The molecule has 0 bridgehead atoms. The molecule has 1 heterocycles. The first-order valence-corrected chi connectivity index (χ1v) is 5.44. The lowest BCUT2D eigenvalue weighted by Crippen LogP contribution is -1.89. The van der Waals surface area contributed by atoms with E-state index in [1.807, 2.05) is 0 Å². The van der Waals surface area contributed by atoms with Crippen molar-refractivity contribution < 1.29 is 4.39 Å². The average molecular weight is 355 g/mol. The van der Waals surface area contributed by atoms with Gasteiger partial charge in [-0.25, -0.2) is 4.39 Å². The molecule has 0 radical (unpaired) electrons. The third-order valence-electron chi connectivity index (χ3n) is 1.85. The Labute approximate surface area is 96.4 Å². The molecule has 1 aromatic carbocycles. The van der Waals surface area contributed by atoms with Gasteiger partial charge in [0.2, 0.25) is 0 Å². The van der Waals surface area contributed by atoms with Crippen LogP contribution in [0.4, 0.5) is 4.39 Å². The van der Waals surface area contributed by atoms with Crippen molar-refractivity contribution in [3.05, 3.63) is 26.1 Å². The average Bonchev–Trinajstić information content (AvgIpc) is 2.31. The van der Waals surface area contributed by atoms with E-state index >= 15 is 0 Å². The number of benzene rings is 1. The molecule has 5 heteroatoms. The van der Waals surface area contributed by atoms with E-state index in [1.54, 1.807) is 17.8 Å². The molecule has 0 unspecified atom stereocenters. The van der Waals surface area contributed by atoms with Gasteiger partial charge in [0.25, 0.3) is 0 Å². The van der Waals surface area contributed by atoms with Gasteiger partial charge in [-0.05, 0) is 44.6 Å². The van der Waals surface area contributed by atoms with Crippen LogP contribution in [0.2, 0.25) is 0 Å². The lowest BCUT2D eigenvalue weighted by molar-refractivity contribution is 0.621. The minimum atomic E-state index is -0.257. The quantitative estimate of drug-likeness (QED) is 0.665. The number of aryl methyl sites for hydroxylation is 1. The fraction of sp³-hybridized carbons (Fsp3) is 0.125. The number of nitrogens with zero attached hydrogens (tertiary/aromatic N) is 2. The van der Waals surface area contributed by atoms with Gasteiger partial charge in [-0.3, -0.25) is 4.68 Å². The standard InChI is InChI=1S/C8H5BrFIN2/c1-13-7-3-6(10)5(9)2-4(7)8(11)12-13/h2-3H,1H3. The van der Waals surface area contributed by atoms with Gasteiger partial charge in [-0.2, -0.15) is 5.10 Å². The van der Waals surface area contributed by atoms with Gasteiger partial charge >= 0.3 is 0 Å². The van der Waals surface area contributed by atoms with Crippen LogP contribution in [0.5, 0.6) is 0 Å². The number of hydrogen-bond acceptors (Lipinski definition) is 1. The van der Waals surface area contributed by atoms with E-state index in [-0.39, 0.29) is 5.82 Å². The summed E-state index contributed by atoms with van der Waals surface area (Å²) >= 11 is 5.28. The molecule has 0 saturated carbocycles. The molecular weight excluding hydrogens is 350 g/mol. The molecule has 2 nitrogen and oxygen atoms in total. The summed E-state index contributed by atoms with van der Waals surface area (Å²) in [4.78, 5) is 0. The number of hydrogen-bond donors (Lipinski definition) is 0. The van der Waals surface area contributed by atoms with Gasteiger partial charge in [0.15, 0.2) is 0 Å². The Hall–Kier alpha value is -0.170. The third-order valence-corrected chi connectivity index (χ3v) is 3.25. The van der Waals surface area contributed by atoms with Crippen molar-refractivity contribution in [1.82, 2.24) is 9.78 Å². The maximum Gasteiger partial charge on any atom is 0.139 e. The van der Waals surface area contributed by atoms with Gasteiger partial charge < -0.3 is 0 Å². The van der Waals surface area contributed by atoms with Crippen molar-refractivity contribution in [2.24, 2.45) is 7.05 Å². The first-order valence-electron chi connectivity index (χ1n) is 3.57. The predicted octanol–water partition coefficient (Wildman–Crippen LogP) is 3.08. The highest BCUT2D eigenvalue weighted by molar-refractivity contribution is 14.1. The zero-order valence-electron chi connectivity index (χ0n) is 6.68. The monoisotopic (exact) mass is 354 g/mol. The van der Waals surface area contributed by atoms with Crippen molar-refractivity contribution in [3.8, 4) is 0 Å². The predicted molar refractivity (Wildman–Crippen MR) is 61.1 cm³/mol. The Bertz CT molecular complexity index is 438. The number of aromatic nitrogens is 2. The van der Waals surface area contributed by atoms with Gasteiger partial charge in [0.05, 0.1) is 9.99 Å². The number of fused-ring (bicyclic) bond motifs is 1. The molecule has 2 rings (SSSR count). The SMILES string of the molecule is Cn1nc(I)c2cc(Br)c(F)cc21. The van der Waals surface area contributed by atoms with Crippen molar-refractivity contribution >= 4 is 49.4 Å². The Kier molecular flexibility index (Phi) is 2.31. The second-order valence-corrected chi connectivity index (χ2v) is 4.57. The highest BCUT2D eigenvalue weighted by atomic mass is 127. The van der Waals surface area contributed by atoms with Gasteiger partial charge in [-0.15, -0.1) is 0 Å². The third kappa shape index (κ3) is 1.48. The number of rotatable bonds is 0. The smallest absolute Gasteiger partial charge is 0.139 e. The van der Waals surface area contributed by atoms with Crippen LogP contribution in [0.15, 0.2) is 16.6 Å². The second-order valence-electron chi connectivity index (χ2n) is 2.70. The summed E-state index contributed by atoms with van der Waals surface area (Å²) in [7, 11) is 1.80. The zero-order valence-corrected chi connectivity index (χ0v) is 10.4. The molecule has 0 spiro atoms. The van der Waals surface area contributed by atoms with Crippen molar-refractivity contribution in [2.75, 3.05) is 0 Å². The fourth-order valence-corrected chi connectivity index (χ4v) is 2.31. The van der Waals surface area contributed by atoms with E-state index in [9.17, 15) is 4.39 Å². The first kappa shape index (κ1) is 9.39. The molecule has 0 aliphatic heterocycles. The Morgan fingerprint density at radius 3 is 2.92 bits per heavy atom. The molecule has 0 saturated heterocycles. The van der Waals surface area contributed by atoms with Crippen LogP contribution in [0, 0.1) is 9.52 Å². The minimum absolute atomic E-state index is 0.257. The number of halogens is 3. The van der Waals surface area contributed by atoms with E-state index in [0.717, 1.165) is 14.6 Å².